The van der Waals surface area contributed by atoms with Crippen LogP contribution >= 0.6 is 0 Å². The minimum atomic E-state index is -4.10. The van der Waals surface area contributed by atoms with Gasteiger partial charge < -0.3 is 0 Å². The fraction of sp³-hybridized carbons (Fsp3) is 1.00. The molecule has 0 N–H and O–H groups in total. The van der Waals surface area contributed by atoms with Crippen molar-refractivity contribution >= 4 is 20.2 Å². The molecule has 0 unspecified atom stereocenters. The van der Waals surface area contributed by atoms with Gasteiger partial charge in [0.2, 0.25) is 0 Å². The molecule has 142 valence electrons. The van der Waals surface area contributed by atoms with E-state index in [0.29, 0.717) is 38.5 Å². The number of rotatable bonds is 7. The highest BCUT2D eigenvalue weighted by atomic mass is 32.2. The Morgan fingerprint density at radius 2 is 0.917 bits per heavy atom. The van der Waals surface area contributed by atoms with Crippen LogP contribution in [0.15, 0.2) is 0 Å². The van der Waals surface area contributed by atoms with Crippen LogP contribution in [0.25, 0.3) is 0 Å². The van der Waals surface area contributed by atoms with Gasteiger partial charge in [0.05, 0.1) is 9.49 Å². The van der Waals surface area contributed by atoms with Crippen LogP contribution in [-0.4, -0.2) is 26.3 Å². The summed E-state index contributed by atoms with van der Waals surface area (Å²) in [4.78, 5) is 0. The quantitative estimate of drug-likeness (QED) is 0.491. The molecular formula is C16H30O6S2. The van der Waals surface area contributed by atoms with Gasteiger partial charge in [0.15, 0.2) is 0 Å². The second-order valence-electron chi connectivity index (χ2n) is 7.24. The molecule has 0 heterocycles. The fourth-order valence-electron chi connectivity index (χ4n) is 4.17. The largest absolute Gasteiger partial charge is 0.300 e. The molecule has 0 aromatic carbocycles. The van der Waals surface area contributed by atoms with Crippen LogP contribution in [0.4, 0.5) is 0 Å². The molecule has 8 heteroatoms. The van der Waals surface area contributed by atoms with Gasteiger partial charge in [-0.15, -0.1) is 0 Å². The van der Waals surface area contributed by atoms with Gasteiger partial charge >= 0.3 is 0 Å². The molecule has 0 spiro atoms. The van der Waals surface area contributed by atoms with Gasteiger partial charge in [-0.25, -0.2) is 0 Å². The summed E-state index contributed by atoms with van der Waals surface area (Å²) in [5, 5.41) is 0. The van der Waals surface area contributed by atoms with Crippen molar-refractivity contribution in [3.8, 4) is 0 Å². The van der Waals surface area contributed by atoms with E-state index >= 15 is 0 Å². The predicted octanol–water partition coefficient (Wildman–Crippen LogP) is 3.82. The van der Waals surface area contributed by atoms with E-state index in [1.165, 1.54) is 0 Å². The Labute approximate surface area is 146 Å². The third-order valence-electron chi connectivity index (χ3n) is 6.09. The molecule has 2 rings (SSSR count). The highest BCUT2D eigenvalue weighted by molar-refractivity contribution is 7.90. The smallest absolute Gasteiger partial charge is 0.196 e. The Morgan fingerprint density at radius 3 is 1.17 bits per heavy atom. The normalized spacial score (nSPS) is 24.6. The Kier molecular flexibility index (Phi) is 6.37. The molecule has 2 aliphatic rings. The average Bonchev–Trinajstić information content (AvgIpc) is 2.61. The first-order valence-electron chi connectivity index (χ1n) is 9.11. The van der Waals surface area contributed by atoms with E-state index in [4.69, 9.17) is 8.67 Å². The molecule has 0 aromatic heterocycles. The first-order chi connectivity index (χ1) is 11.2. The molecule has 0 atom stereocenters. The lowest BCUT2D eigenvalue weighted by Crippen LogP contribution is -2.44. The molecule has 24 heavy (non-hydrogen) atoms. The van der Waals surface area contributed by atoms with Crippen molar-refractivity contribution in [2.24, 2.45) is 0 Å². The Balaban J connectivity index is 2.15. The maximum atomic E-state index is 12.6. The van der Waals surface area contributed by atoms with Crippen molar-refractivity contribution in [2.75, 3.05) is 0 Å². The first-order valence-corrected chi connectivity index (χ1v) is 11.9. The van der Waals surface area contributed by atoms with Crippen LogP contribution in [0, 0.1) is 0 Å². The minimum Gasteiger partial charge on any atom is -0.196 e. The molecule has 0 saturated heterocycles. The summed E-state index contributed by atoms with van der Waals surface area (Å²) in [6.45, 7) is 3.60. The second-order valence-corrected chi connectivity index (χ2v) is 11.1. The fourth-order valence-corrected chi connectivity index (χ4v) is 7.33. The molecule has 0 aliphatic heterocycles. The van der Waals surface area contributed by atoms with Crippen LogP contribution < -0.4 is 0 Å². The zero-order valence-corrected chi connectivity index (χ0v) is 16.4. The molecule has 2 aliphatic carbocycles. The Hall–Kier alpha value is -0.180. The van der Waals surface area contributed by atoms with E-state index in [1.54, 1.807) is 13.8 Å². The summed E-state index contributed by atoms with van der Waals surface area (Å²) in [7, 11) is -8.21. The summed E-state index contributed by atoms with van der Waals surface area (Å²) in [5.41, 5.74) is 0. The Morgan fingerprint density at radius 1 is 0.625 bits per heavy atom. The summed E-state index contributed by atoms with van der Waals surface area (Å²) in [6.07, 6.45) is 8.00. The first kappa shape index (κ1) is 20.1. The molecule has 0 radical (unpaired) electrons. The van der Waals surface area contributed by atoms with Crippen molar-refractivity contribution in [2.45, 2.75) is 100 Å². The topological polar surface area (TPSA) is 86.7 Å². The van der Waals surface area contributed by atoms with Gasteiger partial charge in [0.1, 0.15) is 0 Å². The van der Waals surface area contributed by atoms with E-state index in [2.05, 4.69) is 0 Å². The van der Waals surface area contributed by atoms with Crippen LogP contribution in [0.2, 0.25) is 0 Å². The number of hydrogen-bond donors (Lipinski definition) is 0. The highest BCUT2D eigenvalue weighted by Crippen LogP contribution is 2.42. The standard InChI is InChI=1S/C16H30O6S2/c1-3-15(11-7-5-8-12-15)23(17,18)21-22-24(19,20)16(4-2)13-9-6-10-14-16/h3-14H2,1-2H3. The van der Waals surface area contributed by atoms with Crippen LogP contribution in [-0.2, 0) is 28.9 Å². The maximum Gasteiger partial charge on any atom is 0.300 e. The van der Waals surface area contributed by atoms with Gasteiger partial charge in [0.25, 0.3) is 20.2 Å². The monoisotopic (exact) mass is 382 g/mol. The highest BCUT2D eigenvalue weighted by Gasteiger charge is 2.49. The lowest BCUT2D eigenvalue weighted by Gasteiger charge is -2.36. The van der Waals surface area contributed by atoms with Crippen molar-refractivity contribution < 1.29 is 25.5 Å². The molecule has 6 nitrogen and oxygen atoms in total. The van der Waals surface area contributed by atoms with Crippen molar-refractivity contribution in [1.82, 2.24) is 0 Å². The molecule has 0 amide bonds. The van der Waals surface area contributed by atoms with Crippen molar-refractivity contribution in [1.29, 1.82) is 0 Å². The molecular weight excluding hydrogens is 352 g/mol. The van der Waals surface area contributed by atoms with Crippen molar-refractivity contribution in [3.63, 3.8) is 0 Å². The summed E-state index contributed by atoms with van der Waals surface area (Å²) in [5.74, 6) is 0. The zero-order chi connectivity index (χ0) is 17.9. The molecule has 0 aromatic rings. The average molecular weight is 383 g/mol. The minimum absolute atomic E-state index is 0.400. The van der Waals surface area contributed by atoms with Crippen LogP contribution in [0.1, 0.15) is 90.9 Å². The van der Waals surface area contributed by atoms with E-state index in [1.807, 2.05) is 0 Å². The summed E-state index contributed by atoms with van der Waals surface area (Å²) in [6, 6.07) is 0. The van der Waals surface area contributed by atoms with E-state index in [0.717, 1.165) is 38.5 Å². The van der Waals surface area contributed by atoms with E-state index in [9.17, 15) is 16.8 Å². The molecule has 2 saturated carbocycles. The Bertz CT molecular complexity index is 555. The number of hydrogen-bond acceptors (Lipinski definition) is 6. The van der Waals surface area contributed by atoms with Crippen molar-refractivity contribution in [3.05, 3.63) is 0 Å². The summed E-state index contributed by atoms with van der Waals surface area (Å²) < 4.78 is 57.9. The van der Waals surface area contributed by atoms with Gasteiger partial charge in [-0.3, -0.25) is 0 Å². The second kappa shape index (κ2) is 7.60. The molecule has 0 bridgehead atoms. The van der Waals surface area contributed by atoms with Crippen LogP contribution in [0.3, 0.4) is 0 Å². The van der Waals surface area contributed by atoms with E-state index < -0.39 is 29.7 Å². The summed E-state index contributed by atoms with van der Waals surface area (Å²) >= 11 is 0. The van der Waals surface area contributed by atoms with Gasteiger partial charge in [-0.05, 0) is 38.5 Å². The van der Waals surface area contributed by atoms with Crippen LogP contribution in [0.5, 0.6) is 0 Å². The predicted molar refractivity (Wildman–Crippen MR) is 92.2 cm³/mol. The third kappa shape index (κ3) is 3.66. The zero-order valence-electron chi connectivity index (χ0n) is 14.8. The lowest BCUT2D eigenvalue weighted by molar-refractivity contribution is -0.0933. The SMILES string of the molecule is CCC1(S(=O)(=O)OOS(=O)(=O)C2(CC)CCCCC2)CCCCC1. The van der Waals surface area contributed by atoms with Gasteiger partial charge in [0, 0.05) is 0 Å². The third-order valence-corrected chi connectivity index (χ3v) is 10.2. The van der Waals surface area contributed by atoms with Gasteiger partial charge in [-0.2, -0.15) is 16.8 Å². The van der Waals surface area contributed by atoms with Gasteiger partial charge in [-0.1, -0.05) is 61.0 Å². The maximum absolute atomic E-state index is 12.6. The van der Waals surface area contributed by atoms with E-state index in [-0.39, 0.29) is 0 Å². The molecule has 2 fully saturated rings. The lowest BCUT2D eigenvalue weighted by atomic mass is 9.86.